The van der Waals surface area contributed by atoms with Gasteiger partial charge in [0.05, 0.1) is 11.4 Å². The van der Waals surface area contributed by atoms with E-state index in [4.69, 9.17) is 5.73 Å². The van der Waals surface area contributed by atoms with Crippen LogP contribution < -0.4 is 11.1 Å². The van der Waals surface area contributed by atoms with E-state index in [0.717, 1.165) is 17.9 Å². The standard InChI is InChI=1S/C15H24N2S/c1-12-6-7-14(13(16)10-12)17-11-15(18-2)8-4-3-5-9-15/h6-7,10,17H,3-5,8-9,11,16H2,1-2H3. The molecule has 2 rings (SSSR count). The van der Waals surface area contributed by atoms with E-state index in [1.54, 1.807) is 0 Å². The largest absolute Gasteiger partial charge is 0.397 e. The molecule has 0 saturated heterocycles. The number of anilines is 2. The lowest BCUT2D eigenvalue weighted by Crippen LogP contribution is -2.35. The minimum absolute atomic E-state index is 0.412. The van der Waals surface area contributed by atoms with E-state index < -0.39 is 0 Å². The normalized spacial score (nSPS) is 18.6. The van der Waals surface area contributed by atoms with Gasteiger partial charge in [-0.3, -0.25) is 0 Å². The maximum Gasteiger partial charge on any atom is 0.0574 e. The Bertz CT molecular complexity index is 397. The third-order valence-electron chi connectivity index (χ3n) is 4.01. The van der Waals surface area contributed by atoms with Crippen LogP contribution in [0.15, 0.2) is 18.2 Å². The number of hydrogen-bond donors (Lipinski definition) is 2. The van der Waals surface area contributed by atoms with Gasteiger partial charge in [0.2, 0.25) is 0 Å². The van der Waals surface area contributed by atoms with Crippen LogP contribution in [0.25, 0.3) is 0 Å². The molecule has 2 nitrogen and oxygen atoms in total. The number of nitrogens with one attached hydrogen (secondary N) is 1. The highest BCUT2D eigenvalue weighted by Gasteiger charge is 2.30. The summed E-state index contributed by atoms with van der Waals surface area (Å²) in [7, 11) is 0. The summed E-state index contributed by atoms with van der Waals surface area (Å²) in [4.78, 5) is 0. The van der Waals surface area contributed by atoms with E-state index in [0.29, 0.717) is 4.75 Å². The van der Waals surface area contributed by atoms with Crippen LogP contribution in [-0.4, -0.2) is 17.5 Å². The smallest absolute Gasteiger partial charge is 0.0574 e. The Morgan fingerprint density at radius 1 is 1.28 bits per heavy atom. The van der Waals surface area contributed by atoms with Crippen molar-refractivity contribution in [2.24, 2.45) is 0 Å². The Kier molecular flexibility index (Phi) is 4.44. The van der Waals surface area contributed by atoms with E-state index >= 15 is 0 Å². The molecule has 3 heteroatoms. The number of nitrogen functional groups attached to an aromatic ring is 1. The molecule has 3 N–H and O–H groups in total. The van der Waals surface area contributed by atoms with Crippen LogP contribution >= 0.6 is 11.8 Å². The number of benzene rings is 1. The minimum atomic E-state index is 0.412. The minimum Gasteiger partial charge on any atom is -0.397 e. The summed E-state index contributed by atoms with van der Waals surface area (Å²) in [6.45, 7) is 3.10. The zero-order valence-corrected chi connectivity index (χ0v) is 12.3. The summed E-state index contributed by atoms with van der Waals surface area (Å²) in [6, 6.07) is 6.25. The van der Waals surface area contributed by atoms with Crippen LogP contribution in [-0.2, 0) is 0 Å². The van der Waals surface area contributed by atoms with Crippen molar-refractivity contribution in [2.75, 3.05) is 23.9 Å². The zero-order chi connectivity index (χ0) is 13.0. The quantitative estimate of drug-likeness (QED) is 0.806. The van der Waals surface area contributed by atoms with E-state index in [1.165, 1.54) is 37.7 Å². The van der Waals surface area contributed by atoms with Crippen molar-refractivity contribution in [3.05, 3.63) is 23.8 Å². The van der Waals surface area contributed by atoms with Crippen molar-refractivity contribution in [3.8, 4) is 0 Å². The molecule has 0 aliphatic heterocycles. The molecule has 1 aliphatic rings. The number of rotatable bonds is 4. The van der Waals surface area contributed by atoms with Gasteiger partial charge < -0.3 is 11.1 Å². The summed E-state index contributed by atoms with van der Waals surface area (Å²) in [5, 5.41) is 3.56. The van der Waals surface area contributed by atoms with Crippen molar-refractivity contribution in [3.63, 3.8) is 0 Å². The van der Waals surface area contributed by atoms with Gasteiger partial charge >= 0.3 is 0 Å². The Morgan fingerprint density at radius 3 is 2.61 bits per heavy atom. The van der Waals surface area contributed by atoms with Gasteiger partial charge in [-0.25, -0.2) is 0 Å². The third kappa shape index (κ3) is 3.14. The lowest BCUT2D eigenvalue weighted by Gasteiger charge is -2.36. The molecule has 1 aromatic rings. The zero-order valence-electron chi connectivity index (χ0n) is 11.5. The van der Waals surface area contributed by atoms with Crippen LogP contribution in [0.1, 0.15) is 37.7 Å². The molecule has 0 aromatic heterocycles. The van der Waals surface area contributed by atoms with Crippen molar-refractivity contribution in [1.29, 1.82) is 0 Å². The van der Waals surface area contributed by atoms with Crippen molar-refractivity contribution >= 4 is 23.1 Å². The molecule has 1 aromatic carbocycles. The topological polar surface area (TPSA) is 38.0 Å². The molecular weight excluding hydrogens is 240 g/mol. The average molecular weight is 264 g/mol. The van der Waals surface area contributed by atoms with E-state index in [9.17, 15) is 0 Å². The summed E-state index contributed by atoms with van der Waals surface area (Å²) >= 11 is 2.02. The predicted octanol–water partition coefficient (Wildman–Crippen LogP) is 4.06. The summed E-state index contributed by atoms with van der Waals surface area (Å²) < 4.78 is 0.412. The Morgan fingerprint density at radius 2 is 2.00 bits per heavy atom. The molecule has 0 amide bonds. The van der Waals surface area contributed by atoms with Gasteiger partial charge in [0.15, 0.2) is 0 Å². The van der Waals surface area contributed by atoms with Gasteiger partial charge in [0, 0.05) is 11.3 Å². The second kappa shape index (κ2) is 5.87. The summed E-state index contributed by atoms with van der Waals surface area (Å²) in [5.74, 6) is 0. The lowest BCUT2D eigenvalue weighted by atomic mass is 9.88. The Hall–Kier alpha value is -0.830. The highest BCUT2D eigenvalue weighted by molar-refractivity contribution is 8.00. The van der Waals surface area contributed by atoms with Crippen molar-refractivity contribution < 1.29 is 0 Å². The first-order valence-corrected chi connectivity index (χ1v) is 8.03. The van der Waals surface area contributed by atoms with E-state index in [-0.39, 0.29) is 0 Å². The van der Waals surface area contributed by atoms with E-state index in [2.05, 4.69) is 30.6 Å². The molecule has 1 saturated carbocycles. The third-order valence-corrected chi connectivity index (χ3v) is 5.42. The Labute approximate surface area is 115 Å². The molecule has 0 spiro atoms. The monoisotopic (exact) mass is 264 g/mol. The molecule has 0 atom stereocenters. The predicted molar refractivity (Wildman–Crippen MR) is 83.4 cm³/mol. The second-order valence-corrected chi connectivity index (χ2v) is 6.67. The maximum absolute atomic E-state index is 6.05. The number of hydrogen-bond acceptors (Lipinski definition) is 3. The van der Waals surface area contributed by atoms with Gasteiger partial charge in [0.1, 0.15) is 0 Å². The van der Waals surface area contributed by atoms with Crippen LogP contribution in [0.2, 0.25) is 0 Å². The molecule has 0 unspecified atom stereocenters. The first-order valence-electron chi connectivity index (χ1n) is 6.80. The Balaban J connectivity index is 2.01. The molecule has 0 radical (unpaired) electrons. The van der Waals surface area contributed by atoms with Crippen LogP contribution in [0, 0.1) is 6.92 Å². The summed E-state index contributed by atoms with van der Waals surface area (Å²) in [6.07, 6.45) is 9.03. The fourth-order valence-corrected chi connectivity index (χ4v) is 3.66. The van der Waals surface area contributed by atoms with Crippen molar-refractivity contribution in [1.82, 2.24) is 0 Å². The van der Waals surface area contributed by atoms with Gasteiger partial charge in [0.25, 0.3) is 0 Å². The number of aryl methyl sites for hydroxylation is 1. The molecule has 100 valence electrons. The molecule has 18 heavy (non-hydrogen) atoms. The SMILES string of the molecule is CSC1(CNc2ccc(C)cc2N)CCCCC1. The average Bonchev–Trinajstić information content (AvgIpc) is 2.39. The van der Waals surface area contributed by atoms with Gasteiger partial charge in [-0.1, -0.05) is 25.3 Å². The molecule has 0 heterocycles. The van der Waals surface area contributed by atoms with Gasteiger partial charge in [-0.2, -0.15) is 11.8 Å². The highest BCUT2D eigenvalue weighted by atomic mass is 32.2. The second-order valence-electron chi connectivity index (χ2n) is 5.39. The molecule has 1 aliphatic carbocycles. The molecule has 0 bridgehead atoms. The van der Waals surface area contributed by atoms with Gasteiger partial charge in [-0.15, -0.1) is 0 Å². The van der Waals surface area contributed by atoms with Crippen LogP contribution in [0.5, 0.6) is 0 Å². The van der Waals surface area contributed by atoms with Crippen LogP contribution in [0.4, 0.5) is 11.4 Å². The number of nitrogens with two attached hydrogens (primary N) is 1. The fraction of sp³-hybridized carbons (Fsp3) is 0.600. The highest BCUT2D eigenvalue weighted by Crippen LogP contribution is 2.39. The van der Waals surface area contributed by atoms with Crippen LogP contribution in [0.3, 0.4) is 0 Å². The first kappa shape index (κ1) is 13.6. The fourth-order valence-electron chi connectivity index (χ4n) is 2.75. The van der Waals surface area contributed by atoms with Gasteiger partial charge in [-0.05, 0) is 43.7 Å². The van der Waals surface area contributed by atoms with E-state index in [1.807, 2.05) is 17.8 Å². The van der Waals surface area contributed by atoms with Crippen molar-refractivity contribution in [2.45, 2.75) is 43.8 Å². The maximum atomic E-state index is 6.05. The first-order chi connectivity index (χ1) is 8.65. The lowest BCUT2D eigenvalue weighted by molar-refractivity contribution is 0.411. The molecular formula is C15H24N2S. The number of thioether (sulfide) groups is 1. The summed E-state index contributed by atoms with van der Waals surface area (Å²) in [5.41, 5.74) is 9.22. The molecule has 1 fully saturated rings.